The first-order chi connectivity index (χ1) is 28.0. The first-order valence-corrected chi connectivity index (χ1v) is 25.1. The molecule has 0 amide bonds. The second-order valence-corrected chi connectivity index (χ2v) is 20.4. The number of hydrogen-bond donors (Lipinski definition) is 0. The van der Waals surface area contributed by atoms with E-state index in [9.17, 15) is 14.4 Å². The molecule has 0 aromatic heterocycles. The van der Waals surface area contributed by atoms with Crippen molar-refractivity contribution in [3.63, 3.8) is 0 Å². The molecule has 0 aromatic rings. The molecule has 4 fully saturated rings. The first-order valence-electron chi connectivity index (χ1n) is 25.1. The summed E-state index contributed by atoms with van der Waals surface area (Å²) < 4.78 is 17.7. The summed E-state index contributed by atoms with van der Waals surface area (Å²) >= 11 is 0. The Morgan fingerprint density at radius 3 is 1.24 bits per heavy atom. The van der Waals surface area contributed by atoms with E-state index in [0.29, 0.717) is 56.8 Å². The molecule has 7 nitrogen and oxygen atoms in total. The molecule has 7 heteroatoms. The van der Waals surface area contributed by atoms with Crippen LogP contribution >= 0.6 is 0 Å². The fourth-order valence-corrected chi connectivity index (χ4v) is 12.0. The molecule has 4 unspecified atom stereocenters. The normalized spacial score (nSPS) is 23.8. The van der Waals surface area contributed by atoms with Crippen molar-refractivity contribution >= 4 is 17.9 Å². The van der Waals surface area contributed by atoms with Crippen molar-refractivity contribution in [1.29, 1.82) is 0 Å². The average molecular weight is 816 g/mol. The van der Waals surface area contributed by atoms with Crippen molar-refractivity contribution in [2.24, 2.45) is 34.0 Å². The molecule has 58 heavy (non-hydrogen) atoms. The van der Waals surface area contributed by atoms with Crippen LogP contribution in [0, 0.1) is 34.0 Å². The van der Waals surface area contributed by atoms with Gasteiger partial charge in [-0.1, -0.05) is 130 Å². The lowest BCUT2D eigenvalue weighted by atomic mass is 9.49. The summed E-state index contributed by atoms with van der Waals surface area (Å²) in [6, 6.07) is 0. The molecule has 0 saturated heterocycles. The van der Waals surface area contributed by atoms with E-state index >= 15 is 0 Å². The molecule has 0 N–H and O–H groups in total. The largest absolute Gasteiger partial charge is 0.466 e. The number of carbonyl (C=O) groups excluding carboxylic acids is 3. The number of nitrogens with zero attached hydrogens (tertiary/aromatic N) is 1. The van der Waals surface area contributed by atoms with Crippen LogP contribution in [0.4, 0.5) is 0 Å². The SMILES string of the molecule is CCCCCC(CCCCC)CCOC(=O)CCC12CCC3(CCC(=O)OCCCN(C)C)CC(C1)CC(CCC(=O)OCCC(CCCCC)CCCCC)(C3)C2. The molecule has 4 bridgehead atoms. The predicted molar refractivity (Wildman–Crippen MR) is 240 cm³/mol. The molecule has 4 atom stereocenters. The third-order valence-electron chi connectivity index (χ3n) is 14.9. The van der Waals surface area contributed by atoms with Crippen LogP contribution in [-0.4, -0.2) is 63.3 Å². The van der Waals surface area contributed by atoms with Gasteiger partial charge in [0, 0.05) is 25.8 Å². The Bertz CT molecular complexity index is 1120. The molecule has 338 valence electrons. The van der Waals surface area contributed by atoms with Crippen LogP contribution in [0.2, 0.25) is 0 Å². The summed E-state index contributed by atoms with van der Waals surface area (Å²) in [4.78, 5) is 41.9. The van der Waals surface area contributed by atoms with Gasteiger partial charge in [-0.15, -0.1) is 0 Å². The van der Waals surface area contributed by atoms with Crippen LogP contribution in [0.25, 0.3) is 0 Å². The second-order valence-electron chi connectivity index (χ2n) is 20.4. The number of fused-ring (bicyclic) bond motifs is 1. The number of ether oxygens (including phenoxy) is 3. The Hall–Kier alpha value is -1.63. The second kappa shape index (κ2) is 28.1. The van der Waals surface area contributed by atoms with Gasteiger partial charge in [-0.25, -0.2) is 0 Å². The van der Waals surface area contributed by atoms with Crippen molar-refractivity contribution < 1.29 is 28.6 Å². The van der Waals surface area contributed by atoms with Crippen LogP contribution in [0.15, 0.2) is 0 Å². The van der Waals surface area contributed by atoms with Gasteiger partial charge in [-0.05, 0) is 132 Å². The molecule has 0 aliphatic heterocycles. The maximum absolute atomic E-state index is 13.4. The fourth-order valence-electron chi connectivity index (χ4n) is 12.0. The minimum atomic E-state index is -0.0670. The van der Waals surface area contributed by atoms with E-state index in [1.54, 1.807) is 0 Å². The summed E-state index contributed by atoms with van der Waals surface area (Å²) in [5.41, 5.74) is 0.260. The molecule has 4 saturated carbocycles. The smallest absolute Gasteiger partial charge is 0.305 e. The van der Waals surface area contributed by atoms with E-state index in [4.69, 9.17) is 14.2 Å². The highest BCUT2D eigenvalue weighted by molar-refractivity contribution is 5.70. The minimum Gasteiger partial charge on any atom is -0.466 e. The number of carbonyl (C=O) groups is 3. The average Bonchev–Trinajstić information content (AvgIpc) is 3.36. The van der Waals surface area contributed by atoms with E-state index < -0.39 is 0 Å². The Balaban J connectivity index is 1.63. The van der Waals surface area contributed by atoms with Crippen LogP contribution in [0.1, 0.15) is 233 Å². The minimum absolute atomic E-state index is 0.0268. The van der Waals surface area contributed by atoms with Crippen LogP contribution < -0.4 is 0 Å². The van der Waals surface area contributed by atoms with Gasteiger partial charge in [0.1, 0.15) is 0 Å². The lowest BCUT2D eigenvalue weighted by Gasteiger charge is -2.56. The van der Waals surface area contributed by atoms with Crippen molar-refractivity contribution in [1.82, 2.24) is 4.90 Å². The van der Waals surface area contributed by atoms with Gasteiger partial charge in [0.05, 0.1) is 19.8 Å². The quantitative estimate of drug-likeness (QED) is 0.0358. The van der Waals surface area contributed by atoms with E-state index in [0.717, 1.165) is 90.0 Å². The van der Waals surface area contributed by atoms with Gasteiger partial charge in [0.2, 0.25) is 0 Å². The van der Waals surface area contributed by atoms with Gasteiger partial charge in [0.25, 0.3) is 0 Å². The maximum Gasteiger partial charge on any atom is 0.305 e. The first kappa shape index (κ1) is 50.7. The van der Waals surface area contributed by atoms with Gasteiger partial charge in [0.15, 0.2) is 0 Å². The van der Waals surface area contributed by atoms with Gasteiger partial charge >= 0.3 is 17.9 Å². The third kappa shape index (κ3) is 19.4. The standard InChI is InChI=1S/C51H93NO6/c1-7-11-15-20-43(21-16-12-8-2)27-36-57-47(54)25-30-50-33-32-49(29-24-46(53)56-35-19-34-52(5)6)38-45(39-50)40-51(41-49,42-50)31-26-48(55)58-37-28-44(22-17-13-9-3)23-18-14-10-4/h43-45H,7-42H2,1-6H3. The molecule has 4 aliphatic rings. The van der Waals surface area contributed by atoms with Crippen molar-refractivity contribution in [3.05, 3.63) is 0 Å². The molecule has 4 aliphatic carbocycles. The molecule has 0 radical (unpaired) electrons. The number of rotatable bonds is 35. The van der Waals surface area contributed by atoms with Crippen molar-refractivity contribution in [2.45, 2.75) is 233 Å². The van der Waals surface area contributed by atoms with Crippen molar-refractivity contribution in [3.8, 4) is 0 Å². The summed E-state index contributed by atoms with van der Waals surface area (Å²) in [7, 11) is 4.09. The topological polar surface area (TPSA) is 82.1 Å². The van der Waals surface area contributed by atoms with Gasteiger partial charge in [-0.2, -0.15) is 0 Å². The molecule has 0 heterocycles. The fraction of sp³-hybridized carbons (Fsp3) is 0.941. The van der Waals surface area contributed by atoms with Crippen LogP contribution in [0.5, 0.6) is 0 Å². The van der Waals surface area contributed by atoms with E-state index in [1.807, 2.05) is 14.1 Å². The van der Waals surface area contributed by atoms with E-state index in [1.165, 1.54) is 103 Å². The van der Waals surface area contributed by atoms with Crippen LogP contribution in [-0.2, 0) is 28.6 Å². The maximum atomic E-state index is 13.4. The number of hydrogen-bond acceptors (Lipinski definition) is 7. The number of esters is 3. The zero-order valence-electron chi connectivity index (χ0n) is 39.1. The predicted octanol–water partition coefficient (Wildman–Crippen LogP) is 13.6. The summed E-state index contributed by atoms with van der Waals surface area (Å²) in [5.74, 6) is 1.76. The van der Waals surface area contributed by atoms with Crippen molar-refractivity contribution in [2.75, 3.05) is 40.5 Å². The third-order valence-corrected chi connectivity index (χ3v) is 14.9. The summed E-state index contributed by atoms with van der Waals surface area (Å²) in [6.45, 7) is 11.6. The van der Waals surface area contributed by atoms with E-state index in [2.05, 4.69) is 32.6 Å². The highest BCUT2D eigenvalue weighted by atomic mass is 16.5. The Labute approximate surface area is 358 Å². The van der Waals surface area contributed by atoms with Crippen LogP contribution in [0.3, 0.4) is 0 Å². The van der Waals surface area contributed by atoms with Gasteiger partial charge < -0.3 is 19.1 Å². The highest BCUT2D eigenvalue weighted by Gasteiger charge is 2.58. The lowest BCUT2D eigenvalue weighted by Crippen LogP contribution is -2.46. The monoisotopic (exact) mass is 816 g/mol. The van der Waals surface area contributed by atoms with E-state index in [-0.39, 0.29) is 34.2 Å². The Morgan fingerprint density at radius 1 is 0.500 bits per heavy atom. The lowest BCUT2D eigenvalue weighted by molar-refractivity contribution is -0.146. The number of unbranched alkanes of at least 4 members (excludes halogenated alkanes) is 8. The molecule has 0 spiro atoms. The molecule has 4 rings (SSSR count). The molecular formula is C51H93NO6. The molecular weight excluding hydrogens is 723 g/mol. The zero-order valence-corrected chi connectivity index (χ0v) is 39.1. The highest BCUT2D eigenvalue weighted by Crippen LogP contribution is 2.69. The van der Waals surface area contributed by atoms with Gasteiger partial charge in [-0.3, -0.25) is 14.4 Å². The summed E-state index contributed by atoms with van der Waals surface area (Å²) in [5, 5.41) is 0. The zero-order chi connectivity index (χ0) is 42.1. The Kier molecular flexibility index (Phi) is 24.5. The Morgan fingerprint density at radius 2 is 0.862 bits per heavy atom. The molecule has 0 aromatic carbocycles. The summed E-state index contributed by atoms with van der Waals surface area (Å²) in [6.07, 6.45) is 35.0.